The van der Waals surface area contributed by atoms with Crippen LogP contribution in [0.4, 0.5) is 0 Å². The first-order valence-corrected chi connectivity index (χ1v) is 7.73. The highest BCUT2D eigenvalue weighted by molar-refractivity contribution is 5.78. The van der Waals surface area contributed by atoms with E-state index < -0.39 is 0 Å². The lowest BCUT2D eigenvalue weighted by Gasteiger charge is -2.11. The van der Waals surface area contributed by atoms with E-state index in [1.54, 1.807) is 0 Å². The van der Waals surface area contributed by atoms with Crippen LogP contribution >= 0.6 is 0 Å². The largest absolute Gasteiger partial charge is 0.356 e. The highest BCUT2D eigenvalue weighted by Crippen LogP contribution is 2.25. The third-order valence-electron chi connectivity index (χ3n) is 3.04. The predicted molar refractivity (Wildman–Crippen MR) is 80.8 cm³/mol. The van der Waals surface area contributed by atoms with Gasteiger partial charge in [0, 0.05) is 18.5 Å². The lowest BCUT2D eigenvalue weighted by molar-refractivity contribution is -0.124. The van der Waals surface area contributed by atoms with Gasteiger partial charge >= 0.3 is 0 Å². The molecule has 1 fully saturated rings. The molecule has 0 radical (unpaired) electrons. The van der Waals surface area contributed by atoms with Gasteiger partial charge in [0.05, 0.1) is 0 Å². The molecule has 0 unspecified atom stereocenters. The smallest absolute Gasteiger partial charge is 0.223 e. The van der Waals surface area contributed by atoms with E-state index in [1.165, 1.54) is 0 Å². The Morgan fingerprint density at radius 2 is 1.78 bits per heavy atom. The van der Waals surface area contributed by atoms with Crippen molar-refractivity contribution in [2.24, 2.45) is 5.92 Å². The van der Waals surface area contributed by atoms with Crippen LogP contribution in [-0.2, 0) is 4.79 Å². The van der Waals surface area contributed by atoms with E-state index in [0.29, 0.717) is 6.04 Å². The first-order chi connectivity index (χ1) is 8.77. The van der Waals surface area contributed by atoms with Crippen molar-refractivity contribution in [3.05, 3.63) is 0 Å². The lowest BCUT2D eigenvalue weighted by Crippen LogP contribution is -2.31. The van der Waals surface area contributed by atoms with Gasteiger partial charge in [-0.2, -0.15) is 0 Å². The van der Waals surface area contributed by atoms with Crippen LogP contribution in [0.1, 0.15) is 66.7 Å². The Kier molecular flexibility index (Phi) is 15.9. The molecule has 3 nitrogen and oxygen atoms in total. The highest BCUT2D eigenvalue weighted by atomic mass is 16.1. The summed E-state index contributed by atoms with van der Waals surface area (Å²) in [7, 11) is 1.97. The van der Waals surface area contributed by atoms with Crippen molar-refractivity contribution in [3.63, 3.8) is 0 Å². The molecule has 2 N–H and O–H groups in total. The molecule has 0 spiro atoms. The molecule has 110 valence electrons. The van der Waals surface area contributed by atoms with Gasteiger partial charge in [0.15, 0.2) is 0 Å². The summed E-state index contributed by atoms with van der Waals surface area (Å²) in [5.74, 6) is 0.514. The van der Waals surface area contributed by atoms with Gasteiger partial charge in [-0.15, -0.1) is 0 Å². The van der Waals surface area contributed by atoms with Crippen LogP contribution < -0.4 is 10.6 Å². The van der Waals surface area contributed by atoms with Crippen LogP contribution in [0.3, 0.4) is 0 Å². The minimum Gasteiger partial charge on any atom is -0.356 e. The number of rotatable bonds is 5. The molecule has 1 aliphatic carbocycles. The van der Waals surface area contributed by atoms with Gasteiger partial charge in [-0.3, -0.25) is 4.79 Å². The van der Waals surface area contributed by atoms with Crippen LogP contribution in [-0.4, -0.2) is 25.5 Å². The zero-order valence-electron chi connectivity index (χ0n) is 13.3. The van der Waals surface area contributed by atoms with Crippen molar-refractivity contribution in [1.82, 2.24) is 10.6 Å². The molecular weight excluding hydrogens is 224 g/mol. The predicted octanol–water partition coefficient (Wildman–Crippen LogP) is 3.34. The lowest BCUT2D eigenvalue weighted by atomic mass is 10.1. The molecule has 1 aliphatic rings. The Balaban J connectivity index is 0. The number of unbranched alkanes of at least 4 members (excludes halogenated alkanes) is 1. The molecule has 1 amide bonds. The minimum atomic E-state index is 0.254. The maximum atomic E-state index is 11.6. The second-order valence-corrected chi connectivity index (χ2v) is 4.14. The van der Waals surface area contributed by atoms with Crippen LogP contribution in [0.2, 0.25) is 0 Å². The topological polar surface area (TPSA) is 41.1 Å². The highest BCUT2D eigenvalue weighted by Gasteiger charge is 2.28. The average molecular weight is 258 g/mol. The van der Waals surface area contributed by atoms with Crippen molar-refractivity contribution >= 4 is 5.91 Å². The molecule has 2 atom stereocenters. The average Bonchev–Trinajstić information content (AvgIpc) is 2.92. The van der Waals surface area contributed by atoms with E-state index in [2.05, 4.69) is 17.6 Å². The van der Waals surface area contributed by atoms with Crippen molar-refractivity contribution in [2.75, 3.05) is 13.6 Å². The molecule has 18 heavy (non-hydrogen) atoms. The van der Waals surface area contributed by atoms with Gasteiger partial charge in [-0.1, -0.05) is 41.0 Å². The van der Waals surface area contributed by atoms with E-state index in [0.717, 1.165) is 38.6 Å². The number of amides is 1. The number of carbonyl (C=O) groups excluding carboxylic acids is 1. The fourth-order valence-corrected chi connectivity index (χ4v) is 2.01. The fraction of sp³-hybridized carbons (Fsp3) is 0.933. The maximum Gasteiger partial charge on any atom is 0.223 e. The molecule has 0 saturated heterocycles. The van der Waals surface area contributed by atoms with Crippen molar-refractivity contribution in [3.8, 4) is 0 Å². The van der Waals surface area contributed by atoms with Crippen molar-refractivity contribution in [1.29, 1.82) is 0 Å². The molecule has 0 aromatic heterocycles. The van der Waals surface area contributed by atoms with Crippen LogP contribution in [0.5, 0.6) is 0 Å². The monoisotopic (exact) mass is 258 g/mol. The Hall–Kier alpha value is -0.570. The van der Waals surface area contributed by atoms with Gasteiger partial charge < -0.3 is 10.6 Å². The minimum absolute atomic E-state index is 0.254. The summed E-state index contributed by atoms with van der Waals surface area (Å²) >= 11 is 0. The zero-order chi connectivity index (χ0) is 14.4. The van der Waals surface area contributed by atoms with E-state index in [-0.39, 0.29) is 11.8 Å². The third kappa shape index (κ3) is 8.51. The van der Waals surface area contributed by atoms with Gasteiger partial charge in [-0.25, -0.2) is 0 Å². The third-order valence-corrected chi connectivity index (χ3v) is 3.04. The second kappa shape index (κ2) is 14.5. The number of carbonyl (C=O) groups is 1. The molecule has 0 aromatic rings. The quantitative estimate of drug-likeness (QED) is 0.743. The molecule has 3 heteroatoms. The standard InChI is InChI=1S/C11H22N2O.2C2H6/c1-3-4-7-13-11(14)9-5-6-10(8-9)12-2;2*1-2/h9-10,12H,3-8H2,1-2H3,(H,13,14);2*1-2H3/t9-,10-;;/m0../s1. The summed E-state index contributed by atoms with van der Waals surface area (Å²) in [5, 5.41) is 6.24. The first-order valence-electron chi connectivity index (χ1n) is 7.73. The molecular formula is C15H34N2O. The molecule has 1 saturated carbocycles. The first kappa shape index (κ1) is 19.8. The Bertz CT molecular complexity index is 183. The van der Waals surface area contributed by atoms with E-state index in [9.17, 15) is 4.79 Å². The molecule has 0 bridgehead atoms. The van der Waals surface area contributed by atoms with Crippen molar-refractivity contribution in [2.45, 2.75) is 72.8 Å². The number of hydrogen-bond acceptors (Lipinski definition) is 2. The van der Waals surface area contributed by atoms with E-state index >= 15 is 0 Å². The van der Waals surface area contributed by atoms with Crippen LogP contribution in [0.15, 0.2) is 0 Å². The van der Waals surface area contributed by atoms with Gasteiger partial charge in [0.2, 0.25) is 5.91 Å². The molecule has 0 heterocycles. The summed E-state index contributed by atoms with van der Waals surface area (Å²) in [5.41, 5.74) is 0. The Labute approximate surface area is 114 Å². The van der Waals surface area contributed by atoms with Crippen LogP contribution in [0, 0.1) is 5.92 Å². The van der Waals surface area contributed by atoms with Gasteiger partial charge in [-0.05, 0) is 32.7 Å². The van der Waals surface area contributed by atoms with E-state index in [1.807, 2.05) is 34.7 Å². The second-order valence-electron chi connectivity index (χ2n) is 4.14. The summed E-state index contributed by atoms with van der Waals surface area (Å²) in [6.07, 6.45) is 5.43. The van der Waals surface area contributed by atoms with Gasteiger partial charge in [0.1, 0.15) is 0 Å². The summed E-state index contributed by atoms with van der Waals surface area (Å²) in [4.78, 5) is 11.6. The summed E-state index contributed by atoms with van der Waals surface area (Å²) in [6, 6.07) is 0.553. The summed E-state index contributed by atoms with van der Waals surface area (Å²) < 4.78 is 0. The Morgan fingerprint density at radius 1 is 1.17 bits per heavy atom. The van der Waals surface area contributed by atoms with Crippen molar-refractivity contribution < 1.29 is 4.79 Å². The maximum absolute atomic E-state index is 11.6. The molecule has 1 rings (SSSR count). The Morgan fingerprint density at radius 3 is 2.22 bits per heavy atom. The van der Waals surface area contributed by atoms with Crippen LogP contribution in [0.25, 0.3) is 0 Å². The SMILES string of the molecule is CC.CC.CCCCNC(=O)[C@H]1CC[C@H](NC)C1. The van der Waals surface area contributed by atoms with E-state index in [4.69, 9.17) is 0 Å². The molecule has 0 aromatic carbocycles. The zero-order valence-corrected chi connectivity index (χ0v) is 13.3. The number of hydrogen-bond donors (Lipinski definition) is 2. The summed E-state index contributed by atoms with van der Waals surface area (Å²) in [6.45, 7) is 11.0. The normalized spacial score (nSPS) is 21.2. The molecule has 0 aliphatic heterocycles. The van der Waals surface area contributed by atoms with Gasteiger partial charge in [0.25, 0.3) is 0 Å². The number of nitrogens with one attached hydrogen (secondary N) is 2. The fourth-order valence-electron chi connectivity index (χ4n) is 2.01.